The number of hydrogen-bond acceptors (Lipinski definition) is 2. The van der Waals surface area contributed by atoms with Gasteiger partial charge in [-0.2, -0.15) is 13.2 Å². The van der Waals surface area contributed by atoms with E-state index in [1.807, 2.05) is 0 Å². The molecule has 0 aromatic carbocycles. The van der Waals surface area contributed by atoms with Gasteiger partial charge in [0.25, 0.3) is 0 Å². The molecular formula is C14H25F3N2. The maximum Gasteiger partial charge on any atom is 0.391 e. The van der Waals surface area contributed by atoms with Crippen molar-refractivity contribution in [2.45, 2.75) is 57.3 Å². The van der Waals surface area contributed by atoms with Gasteiger partial charge in [-0.25, -0.2) is 0 Å². The van der Waals surface area contributed by atoms with Crippen LogP contribution in [0.25, 0.3) is 0 Å². The van der Waals surface area contributed by atoms with Gasteiger partial charge in [-0.05, 0) is 45.2 Å². The normalized spacial score (nSPS) is 38.4. The second-order valence-corrected chi connectivity index (χ2v) is 6.40. The quantitative estimate of drug-likeness (QED) is 0.835. The second kappa shape index (κ2) is 6.00. The molecular weight excluding hydrogens is 253 g/mol. The lowest BCUT2D eigenvalue weighted by atomic mass is 9.83. The summed E-state index contributed by atoms with van der Waals surface area (Å²) >= 11 is 0. The van der Waals surface area contributed by atoms with Gasteiger partial charge in [-0.15, -0.1) is 0 Å². The van der Waals surface area contributed by atoms with Gasteiger partial charge in [0.2, 0.25) is 0 Å². The van der Waals surface area contributed by atoms with Crippen LogP contribution >= 0.6 is 0 Å². The maximum atomic E-state index is 12.8. The summed E-state index contributed by atoms with van der Waals surface area (Å²) in [6, 6.07) is 0.435. The van der Waals surface area contributed by atoms with E-state index >= 15 is 0 Å². The molecule has 2 nitrogen and oxygen atoms in total. The summed E-state index contributed by atoms with van der Waals surface area (Å²) in [6.45, 7) is 4.27. The van der Waals surface area contributed by atoms with Crippen molar-refractivity contribution in [1.82, 2.24) is 10.2 Å². The number of halogens is 3. The molecule has 1 aliphatic carbocycles. The van der Waals surface area contributed by atoms with Gasteiger partial charge in [0.05, 0.1) is 5.92 Å². The molecule has 0 spiro atoms. The number of likely N-dealkylation sites (tertiary alicyclic amines) is 1. The molecule has 4 atom stereocenters. The molecule has 1 saturated heterocycles. The summed E-state index contributed by atoms with van der Waals surface area (Å²) in [4.78, 5) is 2.29. The lowest BCUT2D eigenvalue weighted by Gasteiger charge is -2.39. The molecule has 0 amide bonds. The highest BCUT2D eigenvalue weighted by Gasteiger charge is 2.42. The molecule has 0 bridgehead atoms. The number of hydrogen-bond donors (Lipinski definition) is 1. The summed E-state index contributed by atoms with van der Waals surface area (Å²) in [5.74, 6) is -0.578. The Hall–Kier alpha value is -0.290. The van der Waals surface area contributed by atoms with Gasteiger partial charge in [0.1, 0.15) is 0 Å². The first-order chi connectivity index (χ1) is 8.86. The molecule has 1 heterocycles. The highest BCUT2D eigenvalue weighted by molar-refractivity contribution is 4.88. The van der Waals surface area contributed by atoms with Crippen LogP contribution in [0.1, 0.15) is 39.0 Å². The Morgan fingerprint density at radius 3 is 2.53 bits per heavy atom. The number of piperidine rings is 1. The van der Waals surface area contributed by atoms with Crippen molar-refractivity contribution in [2.24, 2.45) is 11.8 Å². The van der Waals surface area contributed by atoms with Crippen molar-refractivity contribution in [3.05, 3.63) is 0 Å². The molecule has 112 valence electrons. The van der Waals surface area contributed by atoms with Crippen LogP contribution in [0, 0.1) is 11.8 Å². The van der Waals surface area contributed by atoms with Crippen LogP contribution < -0.4 is 5.32 Å². The largest absolute Gasteiger partial charge is 0.391 e. The van der Waals surface area contributed by atoms with Crippen molar-refractivity contribution in [2.75, 3.05) is 20.1 Å². The first-order valence-corrected chi connectivity index (χ1v) is 7.37. The number of nitrogens with zero attached hydrogens (tertiary/aromatic N) is 1. The van der Waals surface area contributed by atoms with Crippen molar-refractivity contribution in [3.8, 4) is 0 Å². The Balaban J connectivity index is 1.85. The number of rotatable bonds is 2. The van der Waals surface area contributed by atoms with Gasteiger partial charge in [-0.3, -0.25) is 0 Å². The van der Waals surface area contributed by atoms with Crippen molar-refractivity contribution in [1.29, 1.82) is 0 Å². The Morgan fingerprint density at radius 2 is 1.89 bits per heavy atom. The third kappa shape index (κ3) is 4.09. The van der Waals surface area contributed by atoms with Crippen molar-refractivity contribution >= 4 is 0 Å². The average molecular weight is 278 g/mol. The molecule has 4 unspecified atom stereocenters. The zero-order valence-electron chi connectivity index (χ0n) is 11.8. The van der Waals surface area contributed by atoms with Crippen LogP contribution in [0.2, 0.25) is 0 Å². The molecule has 19 heavy (non-hydrogen) atoms. The molecule has 0 radical (unpaired) electrons. The van der Waals surface area contributed by atoms with E-state index in [4.69, 9.17) is 0 Å². The van der Waals surface area contributed by atoms with Crippen LogP contribution in [-0.4, -0.2) is 43.3 Å². The van der Waals surface area contributed by atoms with E-state index in [0.29, 0.717) is 24.8 Å². The number of nitrogens with one attached hydrogen (secondary N) is 1. The summed E-state index contributed by atoms with van der Waals surface area (Å²) in [5.41, 5.74) is 0. The zero-order valence-corrected chi connectivity index (χ0v) is 11.8. The van der Waals surface area contributed by atoms with E-state index in [2.05, 4.69) is 24.2 Å². The van der Waals surface area contributed by atoms with Crippen LogP contribution in [0.15, 0.2) is 0 Å². The Morgan fingerprint density at radius 1 is 1.16 bits per heavy atom. The lowest BCUT2D eigenvalue weighted by molar-refractivity contribution is -0.184. The third-order valence-electron chi connectivity index (χ3n) is 4.70. The summed E-state index contributed by atoms with van der Waals surface area (Å²) < 4.78 is 38.4. The van der Waals surface area contributed by atoms with Gasteiger partial charge in [0.15, 0.2) is 0 Å². The Kier molecular flexibility index (Phi) is 4.77. The molecule has 1 aliphatic heterocycles. The minimum Gasteiger partial charge on any atom is -0.311 e. The van der Waals surface area contributed by atoms with E-state index in [1.54, 1.807) is 0 Å². The molecule has 1 N–H and O–H groups in total. The van der Waals surface area contributed by atoms with E-state index in [1.165, 1.54) is 0 Å². The molecule has 2 aliphatic rings. The second-order valence-electron chi connectivity index (χ2n) is 6.40. The van der Waals surface area contributed by atoms with Crippen molar-refractivity contribution in [3.63, 3.8) is 0 Å². The van der Waals surface area contributed by atoms with Gasteiger partial charge < -0.3 is 10.2 Å². The first-order valence-electron chi connectivity index (χ1n) is 7.37. The van der Waals surface area contributed by atoms with E-state index in [-0.39, 0.29) is 12.5 Å². The fourth-order valence-electron chi connectivity index (χ4n) is 3.54. The zero-order chi connectivity index (χ0) is 14.0. The standard InChI is InChI=1S/C14H25F3N2/c1-10-9-19(2)7-6-13(10)18-12-5-3-4-11(8-12)14(15,16)17/h10-13,18H,3-9H2,1-2H3. The highest BCUT2D eigenvalue weighted by atomic mass is 19.4. The summed E-state index contributed by atoms with van der Waals surface area (Å²) in [5, 5.41) is 3.50. The average Bonchev–Trinajstić information content (AvgIpc) is 2.32. The Labute approximate surface area is 113 Å². The Bertz CT molecular complexity index is 293. The topological polar surface area (TPSA) is 15.3 Å². The van der Waals surface area contributed by atoms with E-state index in [9.17, 15) is 13.2 Å². The van der Waals surface area contributed by atoms with E-state index < -0.39 is 12.1 Å². The number of alkyl halides is 3. The van der Waals surface area contributed by atoms with Gasteiger partial charge in [0, 0.05) is 18.6 Å². The minimum atomic E-state index is -4.02. The molecule has 2 fully saturated rings. The van der Waals surface area contributed by atoms with Crippen LogP contribution in [0.5, 0.6) is 0 Å². The monoisotopic (exact) mass is 278 g/mol. The maximum absolute atomic E-state index is 12.8. The predicted molar refractivity (Wildman–Crippen MR) is 70.0 cm³/mol. The van der Waals surface area contributed by atoms with E-state index in [0.717, 1.165) is 25.9 Å². The fraction of sp³-hybridized carbons (Fsp3) is 1.00. The van der Waals surface area contributed by atoms with Crippen LogP contribution in [0.4, 0.5) is 13.2 Å². The summed E-state index contributed by atoms with van der Waals surface area (Å²) in [6.07, 6.45) is -0.800. The first kappa shape index (κ1) is 15.1. The molecule has 0 aromatic rings. The summed E-state index contributed by atoms with van der Waals surface area (Å²) in [7, 11) is 2.10. The van der Waals surface area contributed by atoms with Crippen LogP contribution in [0.3, 0.4) is 0 Å². The predicted octanol–water partition coefficient (Wildman–Crippen LogP) is 3.04. The molecule has 5 heteroatoms. The van der Waals surface area contributed by atoms with Crippen LogP contribution in [-0.2, 0) is 0 Å². The third-order valence-corrected chi connectivity index (χ3v) is 4.70. The highest BCUT2D eigenvalue weighted by Crippen LogP contribution is 2.37. The van der Waals surface area contributed by atoms with Gasteiger partial charge in [-0.1, -0.05) is 13.3 Å². The molecule has 1 saturated carbocycles. The lowest BCUT2D eigenvalue weighted by Crippen LogP contribution is -2.51. The molecule has 2 rings (SSSR count). The molecule has 0 aromatic heterocycles. The van der Waals surface area contributed by atoms with Gasteiger partial charge >= 0.3 is 6.18 Å². The SMILES string of the molecule is CC1CN(C)CCC1NC1CCCC(C(F)(F)F)C1. The fourth-order valence-corrected chi connectivity index (χ4v) is 3.54. The smallest absolute Gasteiger partial charge is 0.311 e. The minimum absolute atomic E-state index is 0.0521. The van der Waals surface area contributed by atoms with Crippen molar-refractivity contribution < 1.29 is 13.2 Å².